The summed E-state index contributed by atoms with van der Waals surface area (Å²) in [6.07, 6.45) is 5.91. The summed E-state index contributed by atoms with van der Waals surface area (Å²) in [5.41, 5.74) is 6.65. The van der Waals surface area contributed by atoms with Crippen molar-refractivity contribution in [2.24, 2.45) is 5.73 Å². The maximum Gasteiger partial charge on any atom is 0.242 e. The number of halogens is 1. The molecule has 1 aromatic carbocycles. The van der Waals surface area contributed by atoms with Gasteiger partial charge in [0.15, 0.2) is 0 Å². The van der Waals surface area contributed by atoms with Crippen LogP contribution in [0.1, 0.15) is 43.2 Å². The van der Waals surface area contributed by atoms with Crippen LogP contribution in [-0.2, 0) is 16.8 Å². The van der Waals surface area contributed by atoms with E-state index in [2.05, 4.69) is 5.32 Å². The van der Waals surface area contributed by atoms with Crippen LogP contribution in [0, 0.1) is 5.82 Å². The van der Waals surface area contributed by atoms with Crippen molar-refractivity contribution < 1.29 is 9.18 Å². The minimum Gasteiger partial charge on any atom is -0.368 e. The van der Waals surface area contributed by atoms with Gasteiger partial charge in [0.05, 0.1) is 0 Å². The van der Waals surface area contributed by atoms with E-state index in [0.717, 1.165) is 24.0 Å². The molecule has 3 nitrogen and oxygen atoms in total. The van der Waals surface area contributed by atoms with Crippen molar-refractivity contribution in [2.45, 2.75) is 50.1 Å². The lowest BCUT2D eigenvalue weighted by atomic mass is 9.89. The monoisotopic (exact) mass is 262 g/mol. The standard InChI is InChI=1S/C15H19FN2O/c16-11-5-6-13-10(9-11)7-8-15(13,14(17)19)18-12-3-1-2-4-12/h5-6,9,12,18H,1-4,7-8H2,(H2,17,19). The first-order chi connectivity index (χ1) is 9.12. The quantitative estimate of drug-likeness (QED) is 0.875. The van der Waals surface area contributed by atoms with Crippen molar-refractivity contribution in [3.63, 3.8) is 0 Å². The Morgan fingerprint density at radius 2 is 2.11 bits per heavy atom. The summed E-state index contributed by atoms with van der Waals surface area (Å²) in [4.78, 5) is 12.0. The summed E-state index contributed by atoms with van der Waals surface area (Å²) in [5.74, 6) is -0.593. The Morgan fingerprint density at radius 3 is 2.79 bits per heavy atom. The predicted molar refractivity (Wildman–Crippen MR) is 71.0 cm³/mol. The fourth-order valence-electron chi connectivity index (χ4n) is 3.54. The van der Waals surface area contributed by atoms with Gasteiger partial charge in [-0.2, -0.15) is 0 Å². The Morgan fingerprint density at radius 1 is 1.37 bits per heavy atom. The molecule has 1 fully saturated rings. The molecule has 0 heterocycles. The van der Waals surface area contributed by atoms with Crippen LogP contribution in [0.3, 0.4) is 0 Å². The Kier molecular flexibility index (Phi) is 3.05. The Hall–Kier alpha value is -1.42. The largest absolute Gasteiger partial charge is 0.368 e. The van der Waals surface area contributed by atoms with Crippen LogP contribution in [-0.4, -0.2) is 11.9 Å². The van der Waals surface area contributed by atoms with Gasteiger partial charge in [-0.3, -0.25) is 10.1 Å². The van der Waals surface area contributed by atoms with Gasteiger partial charge < -0.3 is 5.73 Å². The molecule has 102 valence electrons. The molecule has 3 rings (SSSR count). The predicted octanol–water partition coefficient (Wildman–Crippen LogP) is 1.98. The van der Waals surface area contributed by atoms with E-state index in [1.54, 1.807) is 6.07 Å². The molecule has 0 saturated heterocycles. The van der Waals surface area contributed by atoms with Crippen LogP contribution in [0.15, 0.2) is 18.2 Å². The smallest absolute Gasteiger partial charge is 0.242 e. The minimum absolute atomic E-state index is 0.250. The van der Waals surface area contributed by atoms with E-state index in [9.17, 15) is 9.18 Å². The van der Waals surface area contributed by atoms with E-state index >= 15 is 0 Å². The zero-order valence-corrected chi connectivity index (χ0v) is 10.9. The number of fused-ring (bicyclic) bond motifs is 1. The molecule has 1 atom stereocenters. The van der Waals surface area contributed by atoms with Gasteiger partial charge in [0.25, 0.3) is 0 Å². The lowest BCUT2D eigenvalue weighted by Gasteiger charge is -2.31. The van der Waals surface area contributed by atoms with E-state index < -0.39 is 5.54 Å². The highest BCUT2D eigenvalue weighted by molar-refractivity contribution is 5.87. The molecule has 1 saturated carbocycles. The number of amides is 1. The summed E-state index contributed by atoms with van der Waals surface area (Å²) in [5, 5.41) is 3.47. The van der Waals surface area contributed by atoms with Crippen LogP contribution >= 0.6 is 0 Å². The van der Waals surface area contributed by atoms with Crippen LogP contribution < -0.4 is 11.1 Å². The SMILES string of the molecule is NC(=O)C1(NC2CCCC2)CCc2cc(F)ccc21. The summed E-state index contributed by atoms with van der Waals surface area (Å²) >= 11 is 0. The number of benzene rings is 1. The van der Waals surface area contributed by atoms with E-state index in [1.165, 1.54) is 25.0 Å². The molecule has 0 spiro atoms. The van der Waals surface area contributed by atoms with E-state index in [1.807, 2.05) is 0 Å². The fourth-order valence-corrected chi connectivity index (χ4v) is 3.54. The molecule has 1 aromatic rings. The third kappa shape index (κ3) is 2.04. The second kappa shape index (κ2) is 4.60. The third-order valence-corrected chi connectivity index (χ3v) is 4.52. The molecule has 2 aliphatic rings. The van der Waals surface area contributed by atoms with Crippen LogP contribution in [0.4, 0.5) is 4.39 Å². The average molecular weight is 262 g/mol. The number of carbonyl (C=O) groups excluding carboxylic acids is 1. The lowest BCUT2D eigenvalue weighted by molar-refractivity contribution is -0.125. The van der Waals surface area contributed by atoms with Gasteiger partial charge in [0.2, 0.25) is 5.91 Å². The number of nitrogens with one attached hydrogen (secondary N) is 1. The molecule has 0 radical (unpaired) electrons. The van der Waals surface area contributed by atoms with Crippen LogP contribution in [0.5, 0.6) is 0 Å². The van der Waals surface area contributed by atoms with Gasteiger partial charge in [-0.15, -0.1) is 0 Å². The number of aryl methyl sites for hydroxylation is 1. The number of nitrogens with two attached hydrogens (primary N) is 1. The molecular formula is C15H19FN2O. The molecule has 19 heavy (non-hydrogen) atoms. The minimum atomic E-state index is -0.794. The molecule has 0 aliphatic heterocycles. The Balaban J connectivity index is 1.97. The number of hydrogen-bond donors (Lipinski definition) is 2. The van der Waals surface area contributed by atoms with Crippen molar-refractivity contribution in [2.75, 3.05) is 0 Å². The van der Waals surface area contributed by atoms with E-state index in [-0.39, 0.29) is 11.7 Å². The highest BCUT2D eigenvalue weighted by atomic mass is 19.1. The number of primary amides is 1. The number of rotatable bonds is 3. The fraction of sp³-hybridized carbons (Fsp3) is 0.533. The summed E-state index contributed by atoms with van der Waals surface area (Å²) < 4.78 is 13.3. The Labute approximate surface area is 112 Å². The molecule has 0 bridgehead atoms. The van der Waals surface area contributed by atoms with E-state index in [0.29, 0.717) is 18.9 Å². The Bertz CT molecular complexity index is 511. The summed E-state index contributed by atoms with van der Waals surface area (Å²) in [7, 11) is 0. The third-order valence-electron chi connectivity index (χ3n) is 4.52. The van der Waals surface area contributed by atoms with E-state index in [4.69, 9.17) is 5.73 Å². The number of carbonyl (C=O) groups is 1. The van der Waals surface area contributed by atoms with Crippen molar-refractivity contribution in [1.82, 2.24) is 5.32 Å². The molecular weight excluding hydrogens is 243 g/mol. The van der Waals surface area contributed by atoms with Crippen molar-refractivity contribution in [3.05, 3.63) is 35.1 Å². The van der Waals surface area contributed by atoms with Gasteiger partial charge in [-0.1, -0.05) is 18.9 Å². The van der Waals surface area contributed by atoms with Crippen molar-refractivity contribution in [3.8, 4) is 0 Å². The zero-order chi connectivity index (χ0) is 13.5. The normalized spacial score (nSPS) is 26.6. The van der Waals surface area contributed by atoms with Gasteiger partial charge in [-0.25, -0.2) is 4.39 Å². The lowest BCUT2D eigenvalue weighted by Crippen LogP contribution is -2.54. The van der Waals surface area contributed by atoms with Crippen LogP contribution in [0.2, 0.25) is 0 Å². The summed E-state index contributed by atoms with van der Waals surface area (Å²) in [6.45, 7) is 0. The zero-order valence-electron chi connectivity index (χ0n) is 10.9. The van der Waals surface area contributed by atoms with Crippen LogP contribution in [0.25, 0.3) is 0 Å². The molecule has 3 N–H and O–H groups in total. The first kappa shape index (κ1) is 12.6. The topological polar surface area (TPSA) is 55.1 Å². The second-order valence-corrected chi connectivity index (χ2v) is 5.70. The molecule has 4 heteroatoms. The van der Waals surface area contributed by atoms with Gasteiger partial charge in [-0.05, 0) is 48.9 Å². The van der Waals surface area contributed by atoms with Crippen molar-refractivity contribution in [1.29, 1.82) is 0 Å². The molecule has 1 unspecified atom stereocenters. The first-order valence-electron chi connectivity index (χ1n) is 6.98. The molecule has 2 aliphatic carbocycles. The molecule has 1 amide bonds. The van der Waals surface area contributed by atoms with Gasteiger partial charge in [0.1, 0.15) is 11.4 Å². The highest BCUT2D eigenvalue weighted by Crippen LogP contribution is 2.38. The second-order valence-electron chi connectivity index (χ2n) is 5.70. The highest BCUT2D eigenvalue weighted by Gasteiger charge is 2.45. The number of hydrogen-bond acceptors (Lipinski definition) is 2. The van der Waals surface area contributed by atoms with Crippen molar-refractivity contribution >= 4 is 5.91 Å². The average Bonchev–Trinajstić information content (AvgIpc) is 2.98. The van der Waals surface area contributed by atoms with Gasteiger partial charge >= 0.3 is 0 Å². The van der Waals surface area contributed by atoms with Gasteiger partial charge in [0, 0.05) is 6.04 Å². The maximum absolute atomic E-state index is 13.3. The first-order valence-corrected chi connectivity index (χ1v) is 6.98. The summed E-state index contributed by atoms with van der Waals surface area (Å²) in [6, 6.07) is 5.00. The maximum atomic E-state index is 13.3. The molecule has 0 aromatic heterocycles.